The molecule has 1 aliphatic heterocycles. The highest BCUT2D eigenvalue weighted by Gasteiger charge is 2.69. The fourth-order valence-corrected chi connectivity index (χ4v) is 7.35. The molecule has 5 amide bonds. The summed E-state index contributed by atoms with van der Waals surface area (Å²) in [5, 5.41) is 8.40. The summed E-state index contributed by atoms with van der Waals surface area (Å²) >= 11 is 0. The topological polar surface area (TPSA) is 162 Å². The fraction of sp³-hybridized carbons (Fsp3) is 0.675. The molecule has 1 aromatic rings. The van der Waals surface area contributed by atoms with Gasteiger partial charge < -0.3 is 25.8 Å². The first kappa shape index (κ1) is 42.3. The van der Waals surface area contributed by atoms with Gasteiger partial charge in [-0.15, -0.1) is 0 Å². The van der Waals surface area contributed by atoms with E-state index in [-0.39, 0.29) is 54.1 Å². The van der Waals surface area contributed by atoms with E-state index in [1.165, 1.54) is 4.90 Å². The predicted octanol–water partition coefficient (Wildman–Crippen LogP) is 4.61. The Bertz CT molecular complexity index is 1510. The molecule has 0 bridgehead atoms. The second-order valence-electron chi connectivity index (χ2n) is 17.5. The van der Waals surface area contributed by atoms with Crippen LogP contribution in [0.3, 0.4) is 0 Å². The van der Waals surface area contributed by atoms with Crippen LogP contribution in [0.15, 0.2) is 30.3 Å². The number of ketones is 3. The van der Waals surface area contributed by atoms with Crippen molar-refractivity contribution in [3.05, 3.63) is 35.9 Å². The van der Waals surface area contributed by atoms with Crippen molar-refractivity contribution in [3.8, 4) is 0 Å². The monoisotopic (exact) mass is 723 g/mol. The van der Waals surface area contributed by atoms with Gasteiger partial charge in [0.05, 0.1) is 6.04 Å². The Labute approximate surface area is 309 Å². The Morgan fingerprint density at radius 3 is 2.08 bits per heavy atom. The van der Waals surface area contributed by atoms with Gasteiger partial charge in [-0.3, -0.25) is 28.8 Å². The maximum absolute atomic E-state index is 14.3. The van der Waals surface area contributed by atoms with Gasteiger partial charge in [-0.2, -0.15) is 0 Å². The minimum Gasteiger partial charge on any atom is -0.347 e. The summed E-state index contributed by atoms with van der Waals surface area (Å²) in [6, 6.07) is 5.64. The lowest BCUT2D eigenvalue weighted by molar-refractivity contribution is -0.145. The van der Waals surface area contributed by atoms with Crippen molar-refractivity contribution in [3.63, 3.8) is 0 Å². The summed E-state index contributed by atoms with van der Waals surface area (Å²) < 4.78 is 0. The number of hydrogen-bond donors (Lipinski definition) is 3. The number of amides is 5. The van der Waals surface area contributed by atoms with Gasteiger partial charge in [0.1, 0.15) is 12.1 Å². The molecule has 3 N–H and O–H groups in total. The van der Waals surface area contributed by atoms with Crippen molar-refractivity contribution < 1.29 is 33.6 Å². The maximum Gasteiger partial charge on any atom is 0.315 e. The summed E-state index contributed by atoms with van der Waals surface area (Å²) in [5.41, 5.74) is -0.775. The molecule has 12 nitrogen and oxygen atoms in total. The summed E-state index contributed by atoms with van der Waals surface area (Å²) in [4.78, 5) is 97.1. The van der Waals surface area contributed by atoms with Crippen LogP contribution in [0.5, 0.6) is 0 Å². The summed E-state index contributed by atoms with van der Waals surface area (Å²) in [6.45, 7) is 17.6. The van der Waals surface area contributed by atoms with E-state index >= 15 is 0 Å². The molecule has 1 saturated carbocycles. The van der Waals surface area contributed by atoms with E-state index in [1.54, 1.807) is 49.3 Å². The molecule has 52 heavy (non-hydrogen) atoms. The van der Waals surface area contributed by atoms with Gasteiger partial charge in [0.15, 0.2) is 11.6 Å². The Hall–Kier alpha value is -4.09. The smallest absolute Gasteiger partial charge is 0.315 e. The van der Waals surface area contributed by atoms with Gasteiger partial charge in [0.25, 0.3) is 0 Å². The number of likely N-dealkylation sites (tertiary alicyclic amines) is 1. The second kappa shape index (κ2) is 16.7. The highest BCUT2D eigenvalue weighted by atomic mass is 16.2. The number of nitrogens with one attached hydrogen (secondary N) is 3. The lowest BCUT2D eigenvalue weighted by Gasteiger charge is -2.38. The number of hydrogen-bond acceptors (Lipinski definition) is 7. The van der Waals surface area contributed by atoms with Crippen molar-refractivity contribution in [1.82, 2.24) is 25.8 Å². The van der Waals surface area contributed by atoms with Gasteiger partial charge in [0, 0.05) is 51.4 Å². The molecule has 6 atom stereocenters. The van der Waals surface area contributed by atoms with Gasteiger partial charge in [-0.1, -0.05) is 84.7 Å². The first-order valence-corrected chi connectivity index (χ1v) is 18.6. The zero-order chi connectivity index (χ0) is 39.3. The third-order valence-electron chi connectivity index (χ3n) is 10.4. The van der Waals surface area contributed by atoms with E-state index in [0.717, 1.165) is 6.42 Å². The van der Waals surface area contributed by atoms with E-state index in [1.807, 2.05) is 48.5 Å². The number of nitrogens with zero attached hydrogens (tertiary/aromatic N) is 2. The number of urea groups is 1. The molecule has 1 saturated heterocycles. The minimum absolute atomic E-state index is 0.0958. The highest BCUT2D eigenvalue weighted by molar-refractivity contribution is 6.38. The summed E-state index contributed by atoms with van der Waals surface area (Å²) in [6.07, 6.45) is 0.833. The third kappa shape index (κ3) is 10.5. The Balaban J connectivity index is 1.76. The number of likely N-dealkylation sites (N-methyl/N-ethyl adjacent to an activating group) is 1. The molecule has 1 aliphatic carbocycles. The number of fused-ring (bicyclic) bond motifs is 1. The largest absolute Gasteiger partial charge is 0.347 e. The van der Waals surface area contributed by atoms with Crippen LogP contribution in [0, 0.1) is 28.6 Å². The molecule has 2 aliphatic rings. The number of carbonyl (C=O) groups excluding carboxylic acids is 7. The van der Waals surface area contributed by atoms with Crippen molar-refractivity contribution in [2.75, 3.05) is 20.6 Å². The molecule has 288 valence electrons. The molecule has 1 aromatic carbocycles. The maximum atomic E-state index is 14.3. The molecule has 1 unspecified atom stereocenters. The van der Waals surface area contributed by atoms with Crippen molar-refractivity contribution in [2.24, 2.45) is 28.6 Å². The molecule has 0 spiro atoms. The number of unbranched alkanes of at least 4 members (excludes halogenated alkanes) is 1. The van der Waals surface area contributed by atoms with Gasteiger partial charge in [0.2, 0.25) is 23.5 Å². The quantitative estimate of drug-likeness (QED) is 0.210. The number of carbonyl (C=O) groups is 7. The van der Waals surface area contributed by atoms with E-state index in [0.29, 0.717) is 24.9 Å². The Kier molecular flexibility index (Phi) is 13.6. The lowest BCUT2D eigenvalue weighted by atomic mass is 9.83. The van der Waals surface area contributed by atoms with Crippen LogP contribution in [0.4, 0.5) is 4.79 Å². The Morgan fingerprint density at radius 2 is 1.54 bits per heavy atom. The molecular weight excluding hydrogens is 662 g/mol. The lowest BCUT2D eigenvalue weighted by Crippen LogP contribution is -2.60. The van der Waals surface area contributed by atoms with Crippen molar-refractivity contribution in [1.29, 1.82) is 0 Å². The van der Waals surface area contributed by atoms with Crippen molar-refractivity contribution >= 4 is 41.1 Å². The van der Waals surface area contributed by atoms with E-state index in [2.05, 4.69) is 29.8 Å². The standard InChI is InChI=1S/C40H61N5O7/c1-12-13-17-25(33(49)27(46)20-21-29(48)41-31(35(50)44(10)11)24-18-15-14-16-19-24)22-28(47)32-30-26(40(30,8)9)23-45(32)36(51)34(38(2,3)4)42-37(52)43-39(5,6)7/h14-16,18-19,25-26,30-32,34H,12-13,17,20-23H2,1-11H3,(H,41,48)(H2,42,43,52)/t25?,26-,30-,31-,32+,34+/m0/s1. The first-order chi connectivity index (χ1) is 24.0. The normalized spacial score (nSPS) is 20.8. The molecule has 12 heteroatoms. The number of rotatable bonds is 16. The first-order valence-electron chi connectivity index (χ1n) is 18.6. The van der Waals surface area contributed by atoms with E-state index < -0.39 is 58.5 Å². The van der Waals surface area contributed by atoms with Crippen molar-refractivity contribution in [2.45, 2.75) is 125 Å². The number of Topliss-reactive ketones (excluding diaryl/α,β-unsaturated/α-hetero) is 3. The fourth-order valence-electron chi connectivity index (χ4n) is 7.35. The second-order valence-corrected chi connectivity index (χ2v) is 17.5. The number of piperidine rings is 1. The molecule has 3 rings (SSSR count). The van der Waals surface area contributed by atoms with Gasteiger partial charge >= 0.3 is 6.03 Å². The van der Waals surface area contributed by atoms with Crippen LogP contribution in [0.25, 0.3) is 0 Å². The predicted molar refractivity (Wildman–Crippen MR) is 199 cm³/mol. The average Bonchev–Trinajstić information content (AvgIpc) is 3.35. The zero-order valence-electron chi connectivity index (χ0n) is 33.1. The Morgan fingerprint density at radius 1 is 0.923 bits per heavy atom. The summed E-state index contributed by atoms with van der Waals surface area (Å²) in [7, 11) is 3.17. The van der Waals surface area contributed by atoms with Crippen LogP contribution in [0.1, 0.15) is 112 Å². The van der Waals surface area contributed by atoms with Crippen LogP contribution in [-0.2, 0) is 28.8 Å². The minimum atomic E-state index is -0.946. The van der Waals surface area contributed by atoms with Crippen LogP contribution in [0.2, 0.25) is 0 Å². The van der Waals surface area contributed by atoms with Crippen LogP contribution < -0.4 is 16.0 Å². The summed E-state index contributed by atoms with van der Waals surface area (Å²) in [5.74, 6) is -3.84. The SMILES string of the molecule is CCCCC(CC(=O)[C@@H]1[C@@H]2[C@H](CN1C(=O)[C@@H](NC(=O)NC(C)(C)C)C(C)(C)C)C2(C)C)C(=O)C(=O)CCC(=O)N[C@H](C(=O)N(C)C)c1ccccc1. The van der Waals surface area contributed by atoms with Crippen LogP contribution >= 0.6 is 0 Å². The zero-order valence-corrected chi connectivity index (χ0v) is 33.1. The van der Waals surface area contributed by atoms with E-state index in [4.69, 9.17) is 0 Å². The number of benzene rings is 1. The van der Waals surface area contributed by atoms with Gasteiger partial charge in [-0.05, 0) is 55.4 Å². The highest BCUT2D eigenvalue weighted by Crippen LogP contribution is 2.65. The third-order valence-corrected chi connectivity index (χ3v) is 10.4. The average molecular weight is 724 g/mol. The molecule has 1 heterocycles. The molecule has 0 aromatic heterocycles. The van der Waals surface area contributed by atoms with E-state index in [9.17, 15) is 33.6 Å². The molecule has 0 radical (unpaired) electrons. The van der Waals surface area contributed by atoms with Gasteiger partial charge in [-0.25, -0.2) is 4.79 Å². The molecular formula is C40H61N5O7. The van der Waals surface area contributed by atoms with Crippen LogP contribution in [-0.4, -0.2) is 89.2 Å². The molecule has 2 fully saturated rings.